The number of piperidine rings is 1. The SMILES string of the molecule is CN=C(NCc1ccc(C#N)cc1)NC1CCN(c2cccc(C)n2)CC1.I. The molecule has 1 saturated heterocycles. The first-order chi connectivity index (χ1) is 13.2. The molecule has 28 heavy (non-hydrogen) atoms. The van der Waals surface area contributed by atoms with E-state index in [1.807, 2.05) is 37.3 Å². The van der Waals surface area contributed by atoms with E-state index in [2.05, 4.69) is 43.7 Å². The number of hydrogen-bond donors (Lipinski definition) is 2. The summed E-state index contributed by atoms with van der Waals surface area (Å²) in [4.78, 5) is 11.3. The molecule has 0 radical (unpaired) electrons. The molecule has 1 aromatic heterocycles. The van der Waals surface area contributed by atoms with Gasteiger partial charge < -0.3 is 15.5 Å². The van der Waals surface area contributed by atoms with E-state index in [1.54, 1.807) is 7.05 Å². The van der Waals surface area contributed by atoms with Crippen LogP contribution in [0.1, 0.15) is 29.7 Å². The molecule has 148 valence electrons. The van der Waals surface area contributed by atoms with Crippen LogP contribution in [0, 0.1) is 18.3 Å². The number of anilines is 1. The number of nitrogens with zero attached hydrogens (tertiary/aromatic N) is 4. The summed E-state index contributed by atoms with van der Waals surface area (Å²) in [5.41, 5.74) is 2.86. The summed E-state index contributed by atoms with van der Waals surface area (Å²) in [6.07, 6.45) is 2.10. The Morgan fingerprint density at radius 2 is 1.93 bits per heavy atom. The van der Waals surface area contributed by atoms with Gasteiger partial charge in [-0.15, -0.1) is 24.0 Å². The Bertz CT molecular complexity index is 820. The minimum absolute atomic E-state index is 0. The second-order valence-corrected chi connectivity index (χ2v) is 6.78. The van der Waals surface area contributed by atoms with Gasteiger partial charge in [-0.05, 0) is 49.6 Å². The molecule has 1 aliphatic heterocycles. The highest BCUT2D eigenvalue weighted by Crippen LogP contribution is 2.18. The van der Waals surface area contributed by atoms with Crippen LogP contribution in [-0.2, 0) is 6.54 Å². The van der Waals surface area contributed by atoms with E-state index in [0.29, 0.717) is 18.2 Å². The summed E-state index contributed by atoms with van der Waals surface area (Å²) in [6.45, 7) is 4.68. The summed E-state index contributed by atoms with van der Waals surface area (Å²) in [6, 6.07) is 16.3. The number of benzene rings is 1. The van der Waals surface area contributed by atoms with Crippen molar-refractivity contribution in [2.24, 2.45) is 4.99 Å². The number of halogens is 1. The number of hydrogen-bond acceptors (Lipinski definition) is 4. The normalized spacial score (nSPS) is 14.8. The molecule has 0 spiro atoms. The molecular weight excluding hydrogens is 463 g/mol. The number of rotatable bonds is 4. The fourth-order valence-electron chi connectivity index (χ4n) is 3.23. The maximum absolute atomic E-state index is 8.87. The van der Waals surface area contributed by atoms with Crippen LogP contribution < -0.4 is 15.5 Å². The molecule has 0 atom stereocenters. The number of aliphatic imine (C=N–C) groups is 1. The molecule has 0 unspecified atom stereocenters. The highest BCUT2D eigenvalue weighted by Gasteiger charge is 2.20. The Morgan fingerprint density at radius 1 is 1.21 bits per heavy atom. The third kappa shape index (κ3) is 6.09. The lowest BCUT2D eigenvalue weighted by molar-refractivity contribution is 0.459. The number of nitriles is 1. The van der Waals surface area contributed by atoms with Gasteiger partial charge in [-0.1, -0.05) is 18.2 Å². The smallest absolute Gasteiger partial charge is 0.191 e. The highest BCUT2D eigenvalue weighted by atomic mass is 127. The van der Waals surface area contributed by atoms with Crippen LogP contribution in [0.2, 0.25) is 0 Å². The van der Waals surface area contributed by atoms with Crippen molar-refractivity contribution < 1.29 is 0 Å². The van der Waals surface area contributed by atoms with Gasteiger partial charge in [0.1, 0.15) is 5.82 Å². The van der Waals surface area contributed by atoms with E-state index < -0.39 is 0 Å². The second-order valence-electron chi connectivity index (χ2n) is 6.78. The third-order valence-electron chi connectivity index (χ3n) is 4.80. The van der Waals surface area contributed by atoms with Crippen molar-refractivity contribution in [1.29, 1.82) is 5.26 Å². The van der Waals surface area contributed by atoms with E-state index in [0.717, 1.165) is 49.0 Å². The van der Waals surface area contributed by atoms with Crippen LogP contribution in [0.15, 0.2) is 47.5 Å². The first-order valence-electron chi connectivity index (χ1n) is 9.33. The molecule has 7 heteroatoms. The minimum atomic E-state index is 0. The third-order valence-corrected chi connectivity index (χ3v) is 4.80. The van der Waals surface area contributed by atoms with E-state index in [4.69, 9.17) is 5.26 Å². The Hall–Kier alpha value is -2.34. The predicted molar refractivity (Wildman–Crippen MR) is 124 cm³/mol. The number of guanidine groups is 1. The van der Waals surface area contributed by atoms with E-state index >= 15 is 0 Å². The zero-order valence-electron chi connectivity index (χ0n) is 16.4. The fraction of sp³-hybridized carbons (Fsp3) is 0.381. The molecule has 2 aromatic rings. The van der Waals surface area contributed by atoms with Gasteiger partial charge in [-0.3, -0.25) is 4.99 Å². The molecule has 1 aliphatic rings. The zero-order chi connectivity index (χ0) is 19.1. The lowest BCUT2D eigenvalue weighted by Crippen LogP contribution is -2.48. The van der Waals surface area contributed by atoms with Crippen LogP contribution in [-0.4, -0.2) is 37.1 Å². The number of aromatic nitrogens is 1. The molecule has 3 rings (SSSR count). The number of aryl methyl sites for hydroxylation is 1. The van der Waals surface area contributed by atoms with Crippen LogP contribution in [0.4, 0.5) is 5.82 Å². The van der Waals surface area contributed by atoms with Gasteiger partial charge in [0.2, 0.25) is 0 Å². The first-order valence-corrected chi connectivity index (χ1v) is 9.33. The lowest BCUT2D eigenvalue weighted by Gasteiger charge is -2.34. The topological polar surface area (TPSA) is 76.3 Å². The van der Waals surface area contributed by atoms with Gasteiger partial charge in [0, 0.05) is 38.4 Å². The van der Waals surface area contributed by atoms with Crippen molar-refractivity contribution >= 4 is 35.8 Å². The maximum Gasteiger partial charge on any atom is 0.191 e. The lowest BCUT2D eigenvalue weighted by atomic mass is 10.1. The van der Waals surface area contributed by atoms with Gasteiger partial charge in [-0.25, -0.2) is 4.98 Å². The van der Waals surface area contributed by atoms with Gasteiger partial charge in [0.15, 0.2) is 5.96 Å². The molecule has 2 heterocycles. The second kappa shape index (κ2) is 10.9. The van der Waals surface area contributed by atoms with Crippen LogP contribution in [0.5, 0.6) is 0 Å². The Kier molecular flexibility index (Phi) is 8.51. The Morgan fingerprint density at radius 3 is 2.54 bits per heavy atom. The van der Waals surface area contributed by atoms with Crippen molar-refractivity contribution in [3.63, 3.8) is 0 Å². The molecule has 0 bridgehead atoms. The summed E-state index contributed by atoms with van der Waals surface area (Å²) in [5, 5.41) is 15.7. The van der Waals surface area contributed by atoms with Gasteiger partial charge >= 0.3 is 0 Å². The monoisotopic (exact) mass is 490 g/mol. The molecule has 1 fully saturated rings. The van der Waals surface area contributed by atoms with Crippen molar-refractivity contribution in [3.05, 3.63) is 59.3 Å². The number of nitrogens with one attached hydrogen (secondary N) is 2. The molecule has 0 amide bonds. The average molecular weight is 490 g/mol. The van der Waals surface area contributed by atoms with Crippen molar-refractivity contribution in [2.45, 2.75) is 32.4 Å². The van der Waals surface area contributed by atoms with Crippen LogP contribution >= 0.6 is 24.0 Å². The predicted octanol–water partition coefficient (Wildman–Crippen LogP) is 3.21. The van der Waals surface area contributed by atoms with Crippen LogP contribution in [0.3, 0.4) is 0 Å². The summed E-state index contributed by atoms with van der Waals surface area (Å²) in [5.74, 6) is 1.88. The van der Waals surface area contributed by atoms with Crippen molar-refractivity contribution in [2.75, 3.05) is 25.0 Å². The Balaban J connectivity index is 0.00000280. The molecule has 0 saturated carbocycles. The molecular formula is C21H27IN6. The fourth-order valence-corrected chi connectivity index (χ4v) is 3.23. The van der Waals surface area contributed by atoms with E-state index in [-0.39, 0.29) is 24.0 Å². The van der Waals surface area contributed by atoms with Crippen LogP contribution in [0.25, 0.3) is 0 Å². The maximum atomic E-state index is 8.87. The molecule has 6 nitrogen and oxygen atoms in total. The largest absolute Gasteiger partial charge is 0.356 e. The van der Waals surface area contributed by atoms with Gasteiger partial charge in [-0.2, -0.15) is 5.26 Å². The number of pyridine rings is 1. The molecule has 2 N–H and O–H groups in total. The molecule has 0 aliphatic carbocycles. The van der Waals surface area contributed by atoms with E-state index in [1.165, 1.54) is 0 Å². The molecule has 1 aromatic carbocycles. The average Bonchev–Trinajstić information content (AvgIpc) is 2.72. The summed E-state index contributed by atoms with van der Waals surface area (Å²) in [7, 11) is 1.79. The van der Waals surface area contributed by atoms with Gasteiger partial charge in [0.05, 0.1) is 11.6 Å². The standard InChI is InChI=1S/C21H26N6.HI/c1-16-4-3-5-20(25-16)27-12-10-19(11-13-27)26-21(23-2)24-15-18-8-6-17(14-22)7-9-18;/h3-9,19H,10-13,15H2,1-2H3,(H2,23,24,26);1H. The zero-order valence-corrected chi connectivity index (χ0v) is 18.7. The van der Waals surface area contributed by atoms with Crippen molar-refractivity contribution in [1.82, 2.24) is 15.6 Å². The first kappa shape index (κ1) is 22.0. The van der Waals surface area contributed by atoms with Crippen molar-refractivity contribution in [3.8, 4) is 6.07 Å². The quantitative estimate of drug-likeness (QED) is 0.391. The highest BCUT2D eigenvalue weighted by molar-refractivity contribution is 14.0. The van der Waals surface area contributed by atoms with Gasteiger partial charge in [0.25, 0.3) is 0 Å². The van der Waals surface area contributed by atoms with E-state index in [9.17, 15) is 0 Å². The summed E-state index contributed by atoms with van der Waals surface area (Å²) >= 11 is 0. The minimum Gasteiger partial charge on any atom is -0.356 e. The Labute approximate surface area is 184 Å². The summed E-state index contributed by atoms with van der Waals surface area (Å²) < 4.78 is 0.